The van der Waals surface area contributed by atoms with Gasteiger partial charge in [-0.2, -0.15) is 0 Å². The van der Waals surface area contributed by atoms with Crippen LogP contribution in [0.3, 0.4) is 0 Å². The Labute approximate surface area is 136 Å². The van der Waals surface area contributed by atoms with Crippen molar-refractivity contribution in [1.29, 1.82) is 0 Å². The molecule has 2 atom stereocenters. The Morgan fingerprint density at radius 3 is 2.95 bits per heavy atom. The second kappa shape index (κ2) is 7.41. The first-order chi connectivity index (χ1) is 10.1. The average molecular weight is 353 g/mol. The molecule has 1 aliphatic heterocycles. The molecule has 0 radical (unpaired) electrons. The van der Waals surface area contributed by atoms with Gasteiger partial charge in [-0.3, -0.25) is 4.79 Å². The standard InChI is InChI=1S/C17H25BrN2O/c1-3-8-17(9-5-10-19-12-17)16(21)20-13(2)14-6-4-7-15(18)11-14/h4,6-7,11,13,19H,3,5,8-10,12H2,1-2H3,(H,20,21). The molecule has 1 aliphatic rings. The smallest absolute Gasteiger partial charge is 0.227 e. The van der Waals surface area contributed by atoms with E-state index in [1.165, 1.54) is 0 Å². The third kappa shape index (κ3) is 4.07. The van der Waals surface area contributed by atoms with Gasteiger partial charge in [-0.05, 0) is 50.4 Å². The molecule has 1 aromatic carbocycles. The lowest BCUT2D eigenvalue weighted by molar-refractivity contribution is -0.133. The van der Waals surface area contributed by atoms with E-state index >= 15 is 0 Å². The monoisotopic (exact) mass is 352 g/mol. The molecule has 0 saturated carbocycles. The van der Waals surface area contributed by atoms with Gasteiger partial charge in [-0.15, -0.1) is 0 Å². The number of piperidine rings is 1. The summed E-state index contributed by atoms with van der Waals surface area (Å²) in [6.45, 7) is 6.04. The maximum absolute atomic E-state index is 12.8. The predicted molar refractivity (Wildman–Crippen MR) is 90.1 cm³/mol. The molecule has 0 aliphatic carbocycles. The predicted octanol–water partition coefficient (Wildman–Crippen LogP) is 3.80. The SMILES string of the molecule is CCCC1(C(=O)NC(C)c2cccc(Br)c2)CCCNC1. The number of halogens is 1. The van der Waals surface area contributed by atoms with Gasteiger partial charge in [0.05, 0.1) is 11.5 Å². The minimum absolute atomic E-state index is 0.0330. The average Bonchev–Trinajstić information content (AvgIpc) is 2.48. The molecule has 2 N–H and O–H groups in total. The Balaban J connectivity index is 2.07. The lowest BCUT2D eigenvalue weighted by Crippen LogP contribution is -2.50. The highest BCUT2D eigenvalue weighted by atomic mass is 79.9. The second-order valence-electron chi connectivity index (χ2n) is 6.06. The van der Waals surface area contributed by atoms with Gasteiger partial charge in [0.25, 0.3) is 0 Å². The quantitative estimate of drug-likeness (QED) is 0.846. The van der Waals surface area contributed by atoms with Gasteiger partial charge in [0.2, 0.25) is 5.91 Å². The number of carbonyl (C=O) groups excluding carboxylic acids is 1. The van der Waals surface area contributed by atoms with E-state index in [0.717, 1.165) is 48.8 Å². The van der Waals surface area contributed by atoms with Crippen molar-refractivity contribution in [1.82, 2.24) is 10.6 Å². The number of hydrogen-bond donors (Lipinski definition) is 2. The molecule has 2 unspecified atom stereocenters. The lowest BCUT2D eigenvalue weighted by atomic mass is 9.76. The van der Waals surface area contributed by atoms with Crippen molar-refractivity contribution in [3.05, 3.63) is 34.3 Å². The van der Waals surface area contributed by atoms with Gasteiger partial charge in [0, 0.05) is 11.0 Å². The summed E-state index contributed by atoms with van der Waals surface area (Å²) in [5, 5.41) is 6.61. The van der Waals surface area contributed by atoms with Crippen LogP contribution in [0.25, 0.3) is 0 Å². The van der Waals surface area contributed by atoms with Crippen molar-refractivity contribution in [2.75, 3.05) is 13.1 Å². The fourth-order valence-electron chi connectivity index (χ4n) is 3.18. The fraction of sp³-hybridized carbons (Fsp3) is 0.588. The van der Waals surface area contributed by atoms with E-state index in [1.54, 1.807) is 0 Å². The molecular weight excluding hydrogens is 328 g/mol. The zero-order chi connectivity index (χ0) is 15.3. The Morgan fingerprint density at radius 1 is 1.52 bits per heavy atom. The van der Waals surface area contributed by atoms with Gasteiger partial charge in [0.15, 0.2) is 0 Å². The van der Waals surface area contributed by atoms with Crippen molar-refractivity contribution in [2.24, 2.45) is 5.41 Å². The van der Waals surface area contributed by atoms with Crippen molar-refractivity contribution in [3.8, 4) is 0 Å². The Kier molecular flexibility index (Phi) is 5.82. The highest BCUT2D eigenvalue weighted by Crippen LogP contribution is 2.32. The van der Waals surface area contributed by atoms with Crippen molar-refractivity contribution in [3.63, 3.8) is 0 Å². The summed E-state index contributed by atoms with van der Waals surface area (Å²) < 4.78 is 1.05. The van der Waals surface area contributed by atoms with E-state index in [1.807, 2.05) is 12.1 Å². The number of benzene rings is 1. The topological polar surface area (TPSA) is 41.1 Å². The van der Waals surface area contributed by atoms with Crippen LogP contribution in [-0.2, 0) is 4.79 Å². The van der Waals surface area contributed by atoms with Gasteiger partial charge in [-0.1, -0.05) is 41.4 Å². The van der Waals surface area contributed by atoms with Crippen molar-refractivity contribution >= 4 is 21.8 Å². The van der Waals surface area contributed by atoms with Crippen LogP contribution in [0.5, 0.6) is 0 Å². The van der Waals surface area contributed by atoms with Crippen LogP contribution >= 0.6 is 15.9 Å². The highest BCUT2D eigenvalue weighted by Gasteiger charge is 2.39. The maximum atomic E-state index is 12.8. The van der Waals surface area contributed by atoms with Gasteiger partial charge in [0.1, 0.15) is 0 Å². The zero-order valence-corrected chi connectivity index (χ0v) is 14.5. The van der Waals surface area contributed by atoms with Crippen LogP contribution in [0.1, 0.15) is 51.1 Å². The molecule has 116 valence electrons. The minimum Gasteiger partial charge on any atom is -0.349 e. The summed E-state index contributed by atoms with van der Waals surface area (Å²) in [4.78, 5) is 12.8. The number of hydrogen-bond acceptors (Lipinski definition) is 2. The van der Waals surface area contributed by atoms with E-state index in [-0.39, 0.29) is 17.4 Å². The number of rotatable bonds is 5. The number of carbonyl (C=O) groups is 1. The van der Waals surface area contributed by atoms with Crippen LogP contribution < -0.4 is 10.6 Å². The Hall–Kier alpha value is -0.870. The number of nitrogens with one attached hydrogen (secondary N) is 2. The number of amides is 1. The third-order valence-electron chi connectivity index (χ3n) is 4.38. The molecule has 1 amide bonds. The normalized spacial score (nSPS) is 23.6. The third-order valence-corrected chi connectivity index (χ3v) is 4.87. The van der Waals surface area contributed by atoms with E-state index in [0.29, 0.717) is 0 Å². The molecule has 1 heterocycles. The van der Waals surface area contributed by atoms with E-state index in [9.17, 15) is 4.79 Å². The molecule has 1 fully saturated rings. The lowest BCUT2D eigenvalue weighted by Gasteiger charge is -2.37. The first-order valence-corrected chi connectivity index (χ1v) is 8.64. The summed E-state index contributed by atoms with van der Waals surface area (Å²) in [5.41, 5.74) is 0.904. The fourth-order valence-corrected chi connectivity index (χ4v) is 3.59. The van der Waals surface area contributed by atoms with Gasteiger partial charge < -0.3 is 10.6 Å². The molecule has 2 rings (SSSR count). The molecular formula is C17H25BrN2O. The molecule has 4 heteroatoms. The molecule has 0 spiro atoms. The summed E-state index contributed by atoms with van der Waals surface area (Å²) in [5.74, 6) is 0.198. The van der Waals surface area contributed by atoms with Crippen molar-refractivity contribution in [2.45, 2.75) is 45.6 Å². The molecule has 0 bridgehead atoms. The molecule has 0 aromatic heterocycles. The highest BCUT2D eigenvalue weighted by molar-refractivity contribution is 9.10. The van der Waals surface area contributed by atoms with Gasteiger partial charge >= 0.3 is 0 Å². The van der Waals surface area contributed by atoms with Crippen LogP contribution in [0.15, 0.2) is 28.7 Å². The maximum Gasteiger partial charge on any atom is 0.227 e. The largest absolute Gasteiger partial charge is 0.349 e. The summed E-state index contributed by atoms with van der Waals surface area (Å²) in [6, 6.07) is 8.16. The van der Waals surface area contributed by atoms with Gasteiger partial charge in [-0.25, -0.2) is 0 Å². The zero-order valence-electron chi connectivity index (χ0n) is 12.9. The Bertz CT molecular complexity index is 478. The van der Waals surface area contributed by atoms with E-state index < -0.39 is 0 Å². The van der Waals surface area contributed by atoms with Crippen LogP contribution in [0.4, 0.5) is 0 Å². The molecule has 1 aromatic rings. The molecule has 1 saturated heterocycles. The van der Waals surface area contributed by atoms with E-state index in [4.69, 9.17) is 0 Å². The summed E-state index contributed by atoms with van der Waals surface area (Å²) >= 11 is 3.49. The minimum atomic E-state index is -0.229. The second-order valence-corrected chi connectivity index (χ2v) is 6.98. The van der Waals surface area contributed by atoms with E-state index in [2.05, 4.69) is 52.5 Å². The van der Waals surface area contributed by atoms with Crippen LogP contribution in [-0.4, -0.2) is 19.0 Å². The first kappa shape index (κ1) is 16.5. The van der Waals surface area contributed by atoms with Crippen LogP contribution in [0, 0.1) is 5.41 Å². The van der Waals surface area contributed by atoms with Crippen LogP contribution in [0.2, 0.25) is 0 Å². The molecule has 21 heavy (non-hydrogen) atoms. The summed E-state index contributed by atoms with van der Waals surface area (Å²) in [7, 11) is 0. The molecule has 3 nitrogen and oxygen atoms in total. The summed E-state index contributed by atoms with van der Waals surface area (Å²) in [6.07, 6.45) is 4.07. The Morgan fingerprint density at radius 2 is 2.33 bits per heavy atom. The van der Waals surface area contributed by atoms with Crippen molar-refractivity contribution < 1.29 is 4.79 Å². The first-order valence-electron chi connectivity index (χ1n) is 7.84.